The van der Waals surface area contributed by atoms with Crippen molar-refractivity contribution < 1.29 is 9.53 Å². The molecule has 1 aromatic heterocycles. The van der Waals surface area contributed by atoms with Crippen LogP contribution >= 0.6 is 23.8 Å². The number of aromatic nitrogens is 2. The van der Waals surface area contributed by atoms with Crippen molar-refractivity contribution >= 4 is 40.9 Å². The van der Waals surface area contributed by atoms with E-state index < -0.39 is 0 Å². The highest BCUT2D eigenvalue weighted by molar-refractivity contribution is 7.80. The second kappa shape index (κ2) is 7.09. The van der Waals surface area contributed by atoms with Gasteiger partial charge in [-0.05, 0) is 49.8 Å². The Kier molecular flexibility index (Phi) is 5.02. The van der Waals surface area contributed by atoms with E-state index in [4.69, 9.17) is 28.6 Å². The van der Waals surface area contributed by atoms with Crippen molar-refractivity contribution in [3.8, 4) is 5.75 Å². The lowest BCUT2D eigenvalue weighted by Crippen LogP contribution is -2.25. The summed E-state index contributed by atoms with van der Waals surface area (Å²) < 4.78 is 7.31. The van der Waals surface area contributed by atoms with Crippen LogP contribution in [0.2, 0.25) is 5.02 Å². The van der Waals surface area contributed by atoms with Crippen LogP contribution in [0, 0.1) is 13.8 Å². The molecule has 26 heavy (non-hydrogen) atoms. The van der Waals surface area contributed by atoms with E-state index in [1.165, 1.54) is 4.90 Å². The van der Waals surface area contributed by atoms with Gasteiger partial charge in [0.15, 0.2) is 5.11 Å². The van der Waals surface area contributed by atoms with Crippen molar-refractivity contribution in [3.63, 3.8) is 0 Å². The first-order chi connectivity index (χ1) is 12.3. The first-order valence-electron chi connectivity index (χ1n) is 7.99. The fourth-order valence-electron chi connectivity index (χ4n) is 2.79. The van der Waals surface area contributed by atoms with E-state index in [0.717, 1.165) is 28.3 Å². The van der Waals surface area contributed by atoms with E-state index in [1.54, 1.807) is 20.2 Å². The van der Waals surface area contributed by atoms with Gasteiger partial charge in [-0.1, -0.05) is 17.7 Å². The Bertz CT molecular complexity index is 936. The van der Waals surface area contributed by atoms with E-state index in [9.17, 15) is 4.79 Å². The van der Waals surface area contributed by atoms with Crippen LogP contribution in [0.3, 0.4) is 0 Å². The van der Waals surface area contributed by atoms with E-state index in [-0.39, 0.29) is 5.91 Å². The number of aryl methyl sites for hydroxylation is 1. The number of hydrogen-bond acceptors (Lipinski definition) is 4. The van der Waals surface area contributed by atoms with Crippen molar-refractivity contribution in [2.24, 2.45) is 0 Å². The van der Waals surface area contributed by atoms with Crippen LogP contribution in [0.4, 0.5) is 0 Å². The minimum Gasteiger partial charge on any atom is -0.496 e. The van der Waals surface area contributed by atoms with E-state index >= 15 is 0 Å². The Labute approximate surface area is 162 Å². The summed E-state index contributed by atoms with van der Waals surface area (Å²) in [6, 6.07) is 5.73. The Morgan fingerprint density at radius 3 is 2.65 bits per heavy atom. The third kappa shape index (κ3) is 3.32. The number of carbonyl (C=O) groups excluding carboxylic acids is 1. The summed E-state index contributed by atoms with van der Waals surface area (Å²) in [7, 11) is 3.27. The molecule has 2 heterocycles. The maximum Gasteiger partial charge on any atom is 0.276 e. The molecule has 0 aliphatic carbocycles. The molecule has 2 aromatic rings. The van der Waals surface area contributed by atoms with Gasteiger partial charge in [0.05, 0.1) is 30.1 Å². The molecule has 0 spiro atoms. The number of methoxy groups -OCH3 is 1. The maximum absolute atomic E-state index is 12.2. The number of amides is 1. The van der Waals surface area contributed by atoms with Crippen molar-refractivity contribution in [3.05, 3.63) is 51.4 Å². The summed E-state index contributed by atoms with van der Waals surface area (Å²) >= 11 is 11.3. The average molecular weight is 391 g/mol. The maximum atomic E-state index is 12.2. The summed E-state index contributed by atoms with van der Waals surface area (Å²) in [6.45, 7) is 4.32. The molecule has 1 aliphatic rings. The minimum atomic E-state index is -0.155. The number of thiocarbonyl (C=S) groups is 1. The molecule has 1 amide bonds. The Hall–Kier alpha value is -2.38. The second-order valence-corrected chi connectivity index (χ2v) is 6.83. The molecule has 0 saturated carbocycles. The lowest BCUT2D eigenvalue weighted by atomic mass is 10.1. The van der Waals surface area contributed by atoms with Crippen molar-refractivity contribution in [1.29, 1.82) is 0 Å². The fourth-order valence-corrected chi connectivity index (χ4v) is 3.12. The number of nitrogens with zero attached hydrogens (tertiary/aromatic N) is 3. The van der Waals surface area contributed by atoms with Crippen LogP contribution in [0.25, 0.3) is 6.08 Å². The number of benzene rings is 1. The highest BCUT2D eigenvalue weighted by Gasteiger charge is 2.27. The van der Waals surface area contributed by atoms with E-state index in [2.05, 4.69) is 10.4 Å². The lowest BCUT2D eigenvalue weighted by Gasteiger charge is -2.11. The molecule has 0 unspecified atom stereocenters. The van der Waals surface area contributed by atoms with Gasteiger partial charge in [0, 0.05) is 12.6 Å². The SMILES string of the molecule is COc1ccc(/C=C2/NC(=S)N(C)C2=O)cc1Cn1nc(C)c(Cl)c1C. The summed E-state index contributed by atoms with van der Waals surface area (Å²) in [5.41, 5.74) is 3.93. The first-order valence-corrected chi connectivity index (χ1v) is 8.77. The molecule has 3 rings (SSSR count). The minimum absolute atomic E-state index is 0.155. The standard InChI is InChI=1S/C18H19ClN4O2S/c1-10-16(19)11(2)23(21-10)9-13-7-12(5-6-15(13)25-4)8-14-17(24)22(3)18(26)20-14/h5-8H,9H2,1-4H3,(H,20,26)/b14-8+. The molecular weight excluding hydrogens is 372 g/mol. The van der Waals surface area contributed by atoms with Gasteiger partial charge < -0.3 is 10.1 Å². The number of carbonyl (C=O) groups is 1. The topological polar surface area (TPSA) is 59.4 Å². The Morgan fingerprint density at radius 2 is 2.12 bits per heavy atom. The molecule has 8 heteroatoms. The number of halogens is 1. The molecule has 1 saturated heterocycles. The van der Waals surface area contributed by atoms with E-state index in [0.29, 0.717) is 22.4 Å². The van der Waals surface area contributed by atoms with Crippen LogP contribution in [0.15, 0.2) is 23.9 Å². The monoisotopic (exact) mass is 390 g/mol. The number of hydrogen-bond donors (Lipinski definition) is 1. The van der Waals surface area contributed by atoms with Gasteiger partial charge in [-0.15, -0.1) is 0 Å². The summed E-state index contributed by atoms with van der Waals surface area (Å²) in [6.07, 6.45) is 1.77. The third-order valence-corrected chi connectivity index (χ3v) is 5.23. The number of ether oxygens (including phenoxy) is 1. The summed E-state index contributed by atoms with van der Waals surface area (Å²) in [4.78, 5) is 13.6. The van der Waals surface area contributed by atoms with Crippen molar-refractivity contribution in [2.45, 2.75) is 20.4 Å². The summed E-state index contributed by atoms with van der Waals surface area (Å²) in [5, 5.41) is 8.45. The average Bonchev–Trinajstić information content (AvgIpc) is 3.00. The number of nitrogens with one attached hydrogen (secondary N) is 1. The molecule has 1 aromatic carbocycles. The predicted molar refractivity (Wildman–Crippen MR) is 105 cm³/mol. The van der Waals surface area contributed by atoms with Crippen LogP contribution in [0.5, 0.6) is 5.75 Å². The zero-order chi connectivity index (χ0) is 19.0. The predicted octanol–water partition coefficient (Wildman–Crippen LogP) is 2.90. The second-order valence-electron chi connectivity index (χ2n) is 6.07. The molecule has 1 aliphatic heterocycles. The van der Waals surface area contributed by atoms with Crippen LogP contribution in [0.1, 0.15) is 22.5 Å². The first kappa shape index (κ1) is 18.4. The van der Waals surface area contributed by atoms with Gasteiger partial charge >= 0.3 is 0 Å². The zero-order valence-electron chi connectivity index (χ0n) is 15.0. The normalized spacial score (nSPS) is 15.7. The molecule has 0 atom stereocenters. The van der Waals surface area contributed by atoms with Gasteiger partial charge in [-0.2, -0.15) is 5.10 Å². The van der Waals surface area contributed by atoms with E-state index in [1.807, 2.05) is 36.7 Å². The summed E-state index contributed by atoms with van der Waals surface area (Å²) in [5.74, 6) is 0.590. The van der Waals surface area contributed by atoms with Gasteiger partial charge in [0.25, 0.3) is 5.91 Å². The Balaban J connectivity index is 1.96. The zero-order valence-corrected chi connectivity index (χ0v) is 16.5. The highest BCUT2D eigenvalue weighted by Crippen LogP contribution is 2.25. The number of likely N-dealkylation sites (N-methyl/N-ethyl adjacent to an activating group) is 1. The largest absolute Gasteiger partial charge is 0.496 e. The highest BCUT2D eigenvalue weighted by atomic mass is 35.5. The van der Waals surface area contributed by atoms with Gasteiger partial charge in [0.2, 0.25) is 0 Å². The molecule has 0 bridgehead atoms. The van der Waals surface area contributed by atoms with Gasteiger partial charge in [-0.3, -0.25) is 14.4 Å². The molecular formula is C18H19ClN4O2S. The van der Waals surface area contributed by atoms with Crippen molar-refractivity contribution in [2.75, 3.05) is 14.2 Å². The quantitative estimate of drug-likeness (QED) is 0.642. The Morgan fingerprint density at radius 1 is 1.38 bits per heavy atom. The molecule has 1 fully saturated rings. The molecule has 0 radical (unpaired) electrons. The fraction of sp³-hybridized carbons (Fsp3) is 0.278. The molecule has 1 N–H and O–H groups in total. The van der Waals surface area contributed by atoms with Crippen LogP contribution in [-0.4, -0.2) is 39.9 Å². The van der Waals surface area contributed by atoms with Crippen LogP contribution in [-0.2, 0) is 11.3 Å². The smallest absolute Gasteiger partial charge is 0.276 e. The number of rotatable bonds is 4. The van der Waals surface area contributed by atoms with Gasteiger partial charge in [-0.25, -0.2) is 0 Å². The van der Waals surface area contributed by atoms with Crippen molar-refractivity contribution in [1.82, 2.24) is 20.0 Å². The molecule has 136 valence electrons. The van der Waals surface area contributed by atoms with Gasteiger partial charge in [0.1, 0.15) is 11.4 Å². The third-order valence-electron chi connectivity index (χ3n) is 4.31. The lowest BCUT2D eigenvalue weighted by molar-refractivity contribution is -0.121. The molecule has 6 nitrogen and oxygen atoms in total. The van der Waals surface area contributed by atoms with Crippen LogP contribution < -0.4 is 10.1 Å².